The molecule has 2 unspecified atom stereocenters. The molecule has 2 amide bonds. The molecule has 0 aromatic heterocycles. The van der Waals surface area contributed by atoms with E-state index in [1.54, 1.807) is 17.0 Å². The molecule has 3 rings (SSSR count). The molecule has 7 nitrogen and oxygen atoms in total. The van der Waals surface area contributed by atoms with E-state index in [-0.39, 0.29) is 24.2 Å². The summed E-state index contributed by atoms with van der Waals surface area (Å²) in [6, 6.07) is 4.81. The zero-order chi connectivity index (χ0) is 18.5. The number of carbonyl (C=O) groups is 2. The second kappa shape index (κ2) is 8.41. The van der Waals surface area contributed by atoms with Crippen LogP contribution in [-0.2, 0) is 14.3 Å². The molecule has 2 aliphatic rings. The van der Waals surface area contributed by atoms with Gasteiger partial charge in [-0.25, -0.2) is 0 Å². The van der Waals surface area contributed by atoms with E-state index in [4.69, 9.17) is 4.74 Å². The number of halogens is 2. The minimum Gasteiger partial charge on any atom is -0.435 e. The van der Waals surface area contributed by atoms with Crippen LogP contribution in [0.2, 0.25) is 0 Å². The first-order chi connectivity index (χ1) is 12.5. The number of hydrogen-bond donors (Lipinski definition) is 2. The molecule has 26 heavy (non-hydrogen) atoms. The first-order valence-electron chi connectivity index (χ1n) is 8.52. The molecule has 0 aliphatic carbocycles. The van der Waals surface area contributed by atoms with Crippen molar-refractivity contribution in [2.45, 2.75) is 31.5 Å². The monoisotopic (exact) mass is 369 g/mol. The summed E-state index contributed by atoms with van der Waals surface area (Å²) >= 11 is 0. The summed E-state index contributed by atoms with van der Waals surface area (Å²) in [7, 11) is 0. The van der Waals surface area contributed by atoms with Crippen LogP contribution in [0.4, 0.5) is 14.5 Å². The normalized spacial score (nSPS) is 23.8. The predicted octanol–water partition coefficient (Wildman–Crippen LogP) is 0.888. The molecule has 2 N–H and O–H groups in total. The molecule has 0 saturated carbocycles. The summed E-state index contributed by atoms with van der Waals surface area (Å²) in [4.78, 5) is 26.6. The van der Waals surface area contributed by atoms with Crippen molar-refractivity contribution in [3.8, 4) is 5.75 Å². The van der Waals surface area contributed by atoms with Crippen LogP contribution in [-0.4, -0.2) is 56.8 Å². The van der Waals surface area contributed by atoms with Gasteiger partial charge >= 0.3 is 6.61 Å². The summed E-state index contributed by atoms with van der Waals surface area (Å²) in [5, 5.41) is 5.83. The van der Waals surface area contributed by atoms with Gasteiger partial charge in [0.05, 0.1) is 13.2 Å². The summed E-state index contributed by atoms with van der Waals surface area (Å²) in [5.41, 5.74) is 0.578. The highest BCUT2D eigenvalue weighted by atomic mass is 19.3. The maximum atomic E-state index is 12.7. The van der Waals surface area contributed by atoms with E-state index in [2.05, 4.69) is 15.4 Å². The van der Waals surface area contributed by atoms with Gasteiger partial charge in [-0.05, 0) is 37.1 Å². The van der Waals surface area contributed by atoms with Crippen LogP contribution >= 0.6 is 0 Å². The third-order valence-electron chi connectivity index (χ3n) is 4.37. The molecule has 2 heterocycles. The molecule has 2 saturated heterocycles. The number of nitrogens with one attached hydrogen (secondary N) is 2. The number of anilines is 1. The average Bonchev–Trinajstić information content (AvgIpc) is 2.64. The quantitative estimate of drug-likeness (QED) is 0.806. The molecule has 0 bridgehead atoms. The van der Waals surface area contributed by atoms with E-state index >= 15 is 0 Å². The lowest BCUT2D eigenvalue weighted by molar-refractivity contribution is -0.131. The van der Waals surface area contributed by atoms with E-state index < -0.39 is 18.7 Å². The Hall–Kier alpha value is -2.26. The number of hydrogen-bond acceptors (Lipinski definition) is 5. The van der Waals surface area contributed by atoms with Gasteiger partial charge in [0, 0.05) is 18.8 Å². The van der Waals surface area contributed by atoms with Crippen molar-refractivity contribution in [2.75, 3.05) is 31.2 Å². The maximum absolute atomic E-state index is 12.7. The number of rotatable bonds is 5. The molecule has 0 radical (unpaired) electrons. The van der Waals surface area contributed by atoms with Gasteiger partial charge in [0.25, 0.3) is 0 Å². The first-order valence-corrected chi connectivity index (χ1v) is 8.52. The first kappa shape index (κ1) is 18.5. The minimum atomic E-state index is -2.89. The second-order valence-electron chi connectivity index (χ2n) is 6.15. The SMILES string of the molecule is O=C(NC1CCCN(c2ccc(OC(F)F)cc2)C1=O)C1COCCN1. The number of carbonyl (C=O) groups excluding carboxylic acids is 2. The second-order valence-corrected chi connectivity index (χ2v) is 6.15. The number of morpholine rings is 1. The largest absolute Gasteiger partial charge is 0.435 e. The van der Waals surface area contributed by atoms with Crippen LogP contribution in [0.15, 0.2) is 24.3 Å². The van der Waals surface area contributed by atoms with Crippen molar-refractivity contribution in [1.82, 2.24) is 10.6 Å². The minimum absolute atomic E-state index is 0.0291. The Labute approximate surface area is 149 Å². The number of ether oxygens (including phenoxy) is 2. The van der Waals surface area contributed by atoms with Gasteiger partial charge in [-0.2, -0.15) is 8.78 Å². The van der Waals surface area contributed by atoms with Gasteiger partial charge in [0.15, 0.2) is 0 Å². The van der Waals surface area contributed by atoms with E-state index in [1.807, 2.05) is 0 Å². The fourth-order valence-electron chi connectivity index (χ4n) is 3.08. The Morgan fingerprint density at radius 1 is 1.35 bits per heavy atom. The van der Waals surface area contributed by atoms with Crippen molar-refractivity contribution < 1.29 is 27.8 Å². The van der Waals surface area contributed by atoms with Gasteiger partial charge in [0.1, 0.15) is 17.8 Å². The van der Waals surface area contributed by atoms with Crippen LogP contribution in [0.25, 0.3) is 0 Å². The summed E-state index contributed by atoms with van der Waals surface area (Å²) in [5.74, 6) is -0.448. The van der Waals surface area contributed by atoms with Crippen molar-refractivity contribution in [3.05, 3.63) is 24.3 Å². The third-order valence-corrected chi connectivity index (χ3v) is 4.37. The van der Waals surface area contributed by atoms with Crippen LogP contribution in [0, 0.1) is 0 Å². The molecule has 142 valence electrons. The van der Waals surface area contributed by atoms with Gasteiger partial charge in [-0.1, -0.05) is 0 Å². The number of benzene rings is 1. The van der Waals surface area contributed by atoms with Crippen LogP contribution < -0.4 is 20.3 Å². The summed E-state index contributed by atoms with van der Waals surface area (Å²) in [6.07, 6.45) is 1.28. The van der Waals surface area contributed by atoms with Crippen LogP contribution in [0.1, 0.15) is 12.8 Å². The standard InChI is InChI=1S/C17H21F2N3O4/c18-17(19)26-12-5-3-11(4-6-12)22-8-1-2-13(16(22)24)21-15(23)14-10-25-9-7-20-14/h3-6,13-14,17,20H,1-2,7-10H2,(H,21,23). The van der Waals surface area contributed by atoms with E-state index in [0.717, 1.165) is 6.42 Å². The molecule has 0 spiro atoms. The number of alkyl halides is 2. The lowest BCUT2D eigenvalue weighted by atomic mass is 10.0. The third kappa shape index (κ3) is 4.47. The number of nitrogens with zero attached hydrogens (tertiary/aromatic N) is 1. The molecule has 1 aromatic rings. The van der Waals surface area contributed by atoms with Gasteiger partial charge in [-0.15, -0.1) is 0 Å². The Morgan fingerprint density at radius 2 is 2.12 bits per heavy atom. The highest BCUT2D eigenvalue weighted by Gasteiger charge is 2.33. The van der Waals surface area contributed by atoms with Crippen LogP contribution in [0.3, 0.4) is 0 Å². The molecular formula is C17H21F2N3O4. The number of piperidine rings is 1. The Kier molecular flexibility index (Phi) is 6.00. The molecule has 1 aromatic carbocycles. The molecular weight excluding hydrogens is 348 g/mol. The zero-order valence-corrected chi connectivity index (χ0v) is 14.1. The van der Waals surface area contributed by atoms with Crippen molar-refractivity contribution >= 4 is 17.5 Å². The highest BCUT2D eigenvalue weighted by molar-refractivity contribution is 6.00. The maximum Gasteiger partial charge on any atom is 0.387 e. The van der Waals surface area contributed by atoms with Gasteiger partial charge in [0.2, 0.25) is 11.8 Å². The topological polar surface area (TPSA) is 79.9 Å². The van der Waals surface area contributed by atoms with Gasteiger partial charge in [-0.3, -0.25) is 9.59 Å². The van der Waals surface area contributed by atoms with Gasteiger partial charge < -0.3 is 25.0 Å². The Balaban J connectivity index is 1.62. The lowest BCUT2D eigenvalue weighted by Gasteiger charge is -2.34. The lowest BCUT2D eigenvalue weighted by Crippen LogP contribution is -2.58. The van der Waals surface area contributed by atoms with Crippen LogP contribution in [0.5, 0.6) is 5.75 Å². The number of amides is 2. The smallest absolute Gasteiger partial charge is 0.387 e. The fourth-order valence-corrected chi connectivity index (χ4v) is 3.08. The highest BCUT2D eigenvalue weighted by Crippen LogP contribution is 2.24. The van der Waals surface area contributed by atoms with Crippen molar-refractivity contribution in [1.29, 1.82) is 0 Å². The molecule has 2 atom stereocenters. The van der Waals surface area contributed by atoms with Crippen molar-refractivity contribution in [2.24, 2.45) is 0 Å². The van der Waals surface area contributed by atoms with E-state index in [0.29, 0.717) is 31.8 Å². The summed E-state index contributed by atoms with van der Waals surface area (Å²) < 4.78 is 34.0. The Bertz CT molecular complexity index is 635. The Morgan fingerprint density at radius 3 is 2.77 bits per heavy atom. The average molecular weight is 369 g/mol. The fraction of sp³-hybridized carbons (Fsp3) is 0.529. The van der Waals surface area contributed by atoms with Crippen molar-refractivity contribution in [3.63, 3.8) is 0 Å². The molecule has 2 fully saturated rings. The molecule has 9 heteroatoms. The van der Waals surface area contributed by atoms with E-state index in [1.165, 1.54) is 12.1 Å². The van der Waals surface area contributed by atoms with E-state index in [9.17, 15) is 18.4 Å². The molecule has 2 aliphatic heterocycles. The predicted molar refractivity (Wildman–Crippen MR) is 89.2 cm³/mol. The zero-order valence-electron chi connectivity index (χ0n) is 14.1. The summed E-state index contributed by atoms with van der Waals surface area (Å²) in [6.45, 7) is -0.955.